The Bertz CT molecular complexity index is 1250. The van der Waals surface area contributed by atoms with Gasteiger partial charge in [0.1, 0.15) is 11.5 Å². The predicted octanol–water partition coefficient (Wildman–Crippen LogP) is 5.33. The van der Waals surface area contributed by atoms with Gasteiger partial charge in [-0.1, -0.05) is 19.9 Å². The molecule has 36 heavy (non-hydrogen) atoms. The number of nitrogens with two attached hydrogens (primary N) is 1. The molecule has 1 aromatic carbocycles. The molecule has 3 heterocycles. The maximum atomic E-state index is 6.22. The van der Waals surface area contributed by atoms with E-state index in [2.05, 4.69) is 77.1 Å². The number of nitrogens with zero attached hydrogens (tertiary/aromatic N) is 3. The minimum atomic E-state index is -0.365. The molecule has 2 aliphatic rings. The van der Waals surface area contributed by atoms with E-state index in [4.69, 9.17) is 15.2 Å². The van der Waals surface area contributed by atoms with Gasteiger partial charge < -0.3 is 25.5 Å². The molecular weight excluding hydrogens is 452 g/mol. The molecule has 1 aliphatic heterocycles. The topological polar surface area (TPSA) is 101 Å². The van der Waals surface area contributed by atoms with Crippen LogP contribution in [0, 0.1) is 5.41 Å². The van der Waals surface area contributed by atoms with Gasteiger partial charge in [-0.15, -0.1) is 0 Å². The second-order valence-electron chi connectivity index (χ2n) is 11.1. The van der Waals surface area contributed by atoms with E-state index in [1.165, 1.54) is 5.56 Å². The molecule has 2 fully saturated rings. The Morgan fingerprint density at radius 1 is 1.19 bits per heavy atom. The predicted molar refractivity (Wildman–Crippen MR) is 147 cm³/mol. The highest BCUT2D eigenvalue weighted by Crippen LogP contribution is 2.41. The van der Waals surface area contributed by atoms with Crippen LogP contribution in [0.25, 0.3) is 22.2 Å². The number of hydrogen-bond acceptors (Lipinski definition) is 7. The Kier molecular flexibility index (Phi) is 6.53. The fourth-order valence-electron chi connectivity index (χ4n) is 5.45. The van der Waals surface area contributed by atoms with Crippen molar-refractivity contribution in [3.8, 4) is 11.3 Å². The zero-order chi connectivity index (χ0) is 25.5. The standard InChI is InChI=1S/C28H38N6O2/c1-27(2)16-35-28(36-17-27)10-8-20(9-11-28)34(5)15-18-6-7-22-19(12-18)13-23(32-22)21-14-24(29)33-26(31-4)25(21)30-3/h6-7,12-14,20,32H,3,8-11,15-17H2,1-2,4-5H3,(H3,29,31,33). The van der Waals surface area contributed by atoms with Crippen molar-refractivity contribution in [3.05, 3.63) is 35.9 Å². The minimum Gasteiger partial charge on any atom is -0.384 e. The highest BCUT2D eigenvalue weighted by atomic mass is 16.7. The van der Waals surface area contributed by atoms with Crippen molar-refractivity contribution in [3.63, 3.8) is 0 Å². The Hall–Kier alpha value is -2.94. The minimum absolute atomic E-state index is 0.110. The fourth-order valence-corrected chi connectivity index (χ4v) is 5.45. The Balaban J connectivity index is 1.28. The van der Waals surface area contributed by atoms with Gasteiger partial charge in [0.15, 0.2) is 11.6 Å². The summed E-state index contributed by atoms with van der Waals surface area (Å²) in [6.07, 6.45) is 4.09. The van der Waals surface area contributed by atoms with Gasteiger partial charge in [0.2, 0.25) is 0 Å². The molecule has 1 aliphatic carbocycles. The van der Waals surface area contributed by atoms with Gasteiger partial charge in [-0.3, -0.25) is 9.89 Å². The maximum Gasteiger partial charge on any atom is 0.168 e. The van der Waals surface area contributed by atoms with Crippen molar-refractivity contribution in [2.24, 2.45) is 10.4 Å². The molecule has 0 unspecified atom stereocenters. The van der Waals surface area contributed by atoms with E-state index in [0.717, 1.165) is 67.6 Å². The van der Waals surface area contributed by atoms with E-state index in [-0.39, 0.29) is 11.2 Å². The zero-order valence-electron chi connectivity index (χ0n) is 21.9. The zero-order valence-corrected chi connectivity index (χ0v) is 21.9. The summed E-state index contributed by atoms with van der Waals surface area (Å²) >= 11 is 0. The first-order chi connectivity index (χ1) is 17.2. The van der Waals surface area contributed by atoms with Crippen molar-refractivity contribution in [1.82, 2.24) is 14.9 Å². The van der Waals surface area contributed by atoms with Crippen molar-refractivity contribution in [2.45, 2.75) is 57.9 Å². The molecule has 8 heteroatoms. The first-order valence-corrected chi connectivity index (χ1v) is 12.8. The summed E-state index contributed by atoms with van der Waals surface area (Å²) in [4.78, 5) is 14.5. The summed E-state index contributed by atoms with van der Waals surface area (Å²) in [5, 5.41) is 4.21. The molecule has 1 saturated heterocycles. The van der Waals surface area contributed by atoms with Crippen LogP contribution in [0.4, 0.5) is 17.3 Å². The SMILES string of the molecule is C=Nc1c(-c2cc3cc(CN(C)C4CCC5(CC4)OCC(C)(C)CO5)ccc3[nH]2)cc(N)nc1NC. The van der Waals surface area contributed by atoms with Crippen LogP contribution < -0.4 is 11.1 Å². The van der Waals surface area contributed by atoms with Gasteiger partial charge in [-0.2, -0.15) is 0 Å². The molecule has 1 saturated carbocycles. The molecule has 4 N–H and O–H groups in total. The summed E-state index contributed by atoms with van der Waals surface area (Å²) in [6, 6.07) is 11.1. The number of benzene rings is 1. The lowest BCUT2D eigenvalue weighted by Gasteiger charge is -2.47. The second kappa shape index (κ2) is 9.50. The van der Waals surface area contributed by atoms with Crippen LogP contribution in [-0.4, -0.2) is 60.7 Å². The van der Waals surface area contributed by atoms with Gasteiger partial charge in [-0.05, 0) is 56.4 Å². The van der Waals surface area contributed by atoms with E-state index in [0.29, 0.717) is 23.4 Å². The van der Waals surface area contributed by atoms with Crippen molar-refractivity contribution >= 4 is 34.9 Å². The van der Waals surface area contributed by atoms with E-state index < -0.39 is 0 Å². The van der Waals surface area contributed by atoms with E-state index in [1.54, 1.807) is 7.05 Å². The quantitative estimate of drug-likeness (QED) is 0.404. The molecule has 5 rings (SSSR count). The van der Waals surface area contributed by atoms with Crippen molar-refractivity contribution < 1.29 is 9.47 Å². The van der Waals surface area contributed by atoms with Crippen LogP contribution in [0.3, 0.4) is 0 Å². The number of aromatic amines is 1. The number of fused-ring (bicyclic) bond motifs is 1. The summed E-state index contributed by atoms with van der Waals surface area (Å²) in [6.45, 7) is 10.6. The lowest BCUT2D eigenvalue weighted by Crippen LogP contribution is -2.51. The van der Waals surface area contributed by atoms with Crippen LogP contribution in [0.15, 0.2) is 35.3 Å². The second-order valence-corrected chi connectivity index (χ2v) is 11.1. The summed E-state index contributed by atoms with van der Waals surface area (Å²) in [7, 11) is 4.03. The highest BCUT2D eigenvalue weighted by molar-refractivity contribution is 5.92. The van der Waals surface area contributed by atoms with E-state index in [9.17, 15) is 0 Å². The summed E-state index contributed by atoms with van der Waals surface area (Å²) in [5.74, 6) is 0.684. The molecular formula is C28H38N6O2. The van der Waals surface area contributed by atoms with Gasteiger partial charge in [0, 0.05) is 60.1 Å². The molecule has 0 bridgehead atoms. The average molecular weight is 491 g/mol. The fraction of sp³-hybridized carbons (Fsp3) is 0.500. The van der Waals surface area contributed by atoms with Gasteiger partial charge in [0.05, 0.1) is 13.2 Å². The average Bonchev–Trinajstić information content (AvgIpc) is 3.29. The number of anilines is 2. The van der Waals surface area contributed by atoms with Gasteiger partial charge in [-0.25, -0.2) is 4.98 Å². The lowest BCUT2D eigenvalue weighted by atomic mass is 9.86. The van der Waals surface area contributed by atoms with Crippen LogP contribution in [0.1, 0.15) is 45.1 Å². The van der Waals surface area contributed by atoms with Crippen LogP contribution in [-0.2, 0) is 16.0 Å². The molecule has 3 aromatic rings. The van der Waals surface area contributed by atoms with Crippen LogP contribution in [0.2, 0.25) is 0 Å². The van der Waals surface area contributed by atoms with Crippen LogP contribution in [0.5, 0.6) is 0 Å². The number of aromatic nitrogens is 2. The summed E-state index contributed by atoms with van der Waals surface area (Å²) in [5.41, 5.74) is 11.0. The third kappa shape index (κ3) is 4.85. The molecule has 2 aromatic heterocycles. The van der Waals surface area contributed by atoms with Gasteiger partial charge in [0.25, 0.3) is 0 Å². The highest BCUT2D eigenvalue weighted by Gasteiger charge is 2.43. The largest absolute Gasteiger partial charge is 0.384 e. The number of nitrogens with one attached hydrogen (secondary N) is 2. The Labute approximate surface area is 213 Å². The Morgan fingerprint density at radius 3 is 2.58 bits per heavy atom. The number of aliphatic imine (C=N–C) groups is 1. The number of hydrogen-bond donors (Lipinski definition) is 3. The number of rotatable bonds is 6. The molecule has 0 amide bonds. The normalized spacial score (nSPS) is 19.7. The van der Waals surface area contributed by atoms with E-state index >= 15 is 0 Å². The van der Waals surface area contributed by atoms with E-state index in [1.807, 2.05) is 6.07 Å². The third-order valence-electron chi connectivity index (χ3n) is 7.61. The summed E-state index contributed by atoms with van der Waals surface area (Å²) < 4.78 is 12.4. The third-order valence-corrected chi connectivity index (χ3v) is 7.61. The van der Waals surface area contributed by atoms with Gasteiger partial charge >= 0.3 is 0 Å². The number of pyridine rings is 1. The lowest BCUT2D eigenvalue weighted by molar-refractivity contribution is -0.312. The molecule has 8 nitrogen and oxygen atoms in total. The first-order valence-electron chi connectivity index (χ1n) is 12.8. The smallest absolute Gasteiger partial charge is 0.168 e. The van der Waals surface area contributed by atoms with Crippen LogP contribution >= 0.6 is 0 Å². The number of H-pyrrole nitrogens is 1. The maximum absolute atomic E-state index is 6.22. The molecule has 192 valence electrons. The monoisotopic (exact) mass is 490 g/mol. The van der Waals surface area contributed by atoms with Crippen molar-refractivity contribution in [1.29, 1.82) is 0 Å². The molecule has 1 spiro atoms. The first kappa shape index (κ1) is 24.7. The number of nitrogen functional groups attached to an aromatic ring is 1. The Morgan fingerprint density at radius 2 is 1.92 bits per heavy atom. The number of ether oxygens (including phenoxy) is 2. The molecule has 0 atom stereocenters. The van der Waals surface area contributed by atoms with Crippen molar-refractivity contribution in [2.75, 3.05) is 38.4 Å². The molecule has 0 radical (unpaired) electrons.